The molecule has 0 saturated heterocycles. The fourth-order valence-electron chi connectivity index (χ4n) is 3.02. The first kappa shape index (κ1) is 21.9. The van der Waals surface area contributed by atoms with Gasteiger partial charge in [0.05, 0.1) is 17.5 Å². The minimum absolute atomic E-state index is 0.984. The van der Waals surface area contributed by atoms with Crippen molar-refractivity contribution in [3.63, 3.8) is 0 Å². The van der Waals surface area contributed by atoms with E-state index in [-0.39, 0.29) is 0 Å². The van der Waals surface area contributed by atoms with Gasteiger partial charge in [0.1, 0.15) is 0 Å². The minimum atomic E-state index is 0.984. The third kappa shape index (κ3) is 6.60. The average Bonchev–Trinajstić information content (AvgIpc) is 3.26. The molecule has 6 heteroatoms. The maximum absolute atomic E-state index is 4.35. The number of halogens is 2. The van der Waals surface area contributed by atoms with E-state index in [1.165, 1.54) is 21.8 Å². The van der Waals surface area contributed by atoms with Crippen LogP contribution in [0.25, 0.3) is 22.2 Å². The molecule has 0 unspecified atom stereocenters. The molecule has 29 heavy (non-hydrogen) atoms. The summed E-state index contributed by atoms with van der Waals surface area (Å²) in [7, 11) is 0. The van der Waals surface area contributed by atoms with Crippen molar-refractivity contribution in [3.8, 4) is 11.3 Å². The van der Waals surface area contributed by atoms with Crippen LogP contribution in [-0.2, 0) is 13.0 Å². The summed E-state index contributed by atoms with van der Waals surface area (Å²) in [6, 6.07) is 14.4. The normalized spacial score (nSPS) is 10.6. The van der Waals surface area contributed by atoms with E-state index in [1.54, 1.807) is 6.20 Å². The molecule has 4 rings (SSSR count). The summed E-state index contributed by atoms with van der Waals surface area (Å²) in [6.07, 6.45) is 12.9. The molecule has 3 aromatic heterocycles. The van der Waals surface area contributed by atoms with E-state index in [4.69, 9.17) is 0 Å². The molecule has 0 atom stereocenters. The quantitative estimate of drug-likeness (QED) is 0.195. The number of hydrogen-bond acceptors (Lipinski definition) is 3. The summed E-state index contributed by atoms with van der Waals surface area (Å²) in [4.78, 5) is 12.8. The zero-order chi connectivity index (χ0) is 20.3. The maximum Gasteiger partial charge on any atom is 0.0953 e. The van der Waals surface area contributed by atoms with Gasteiger partial charge in [-0.05, 0) is 53.5 Å². The third-order valence-electron chi connectivity index (χ3n) is 4.46. The molecular formula is C23H24BrIN4. The highest BCUT2D eigenvalue weighted by atomic mass is 127. The largest absolute Gasteiger partial charge is 0.337 e. The summed E-state index contributed by atoms with van der Waals surface area (Å²) in [6.45, 7) is 0.999. The van der Waals surface area contributed by atoms with E-state index in [1.807, 2.05) is 36.9 Å². The molecule has 0 radical (unpaired) electrons. The Morgan fingerprint density at radius 1 is 0.966 bits per heavy atom. The Kier molecular flexibility index (Phi) is 9.08. The number of para-hydroxylation sites is 1. The third-order valence-corrected chi connectivity index (χ3v) is 5.78. The monoisotopic (exact) mass is 562 g/mol. The summed E-state index contributed by atoms with van der Waals surface area (Å²) in [5.74, 6) is 0. The average molecular weight is 563 g/mol. The highest BCUT2D eigenvalue weighted by Crippen LogP contribution is 2.18. The van der Waals surface area contributed by atoms with Gasteiger partial charge in [0.2, 0.25) is 0 Å². The van der Waals surface area contributed by atoms with Crippen molar-refractivity contribution in [1.29, 1.82) is 0 Å². The fraction of sp³-hybridized carbons (Fsp3) is 0.261. The first-order chi connectivity index (χ1) is 14.3. The van der Waals surface area contributed by atoms with Crippen molar-refractivity contribution in [2.45, 2.75) is 25.8 Å². The number of aryl methyl sites for hydroxylation is 2. The van der Waals surface area contributed by atoms with Crippen LogP contribution in [0.5, 0.6) is 0 Å². The number of benzene rings is 1. The number of hydrogen-bond donors (Lipinski definition) is 0. The van der Waals surface area contributed by atoms with Crippen molar-refractivity contribution >= 4 is 49.4 Å². The number of nitrogens with zero attached hydrogens (tertiary/aromatic N) is 4. The lowest BCUT2D eigenvalue weighted by Gasteiger charge is -2.03. The second-order valence-corrected chi connectivity index (χ2v) is 8.43. The van der Waals surface area contributed by atoms with Crippen LogP contribution in [0.1, 0.15) is 18.4 Å². The van der Waals surface area contributed by atoms with Gasteiger partial charge in [-0.25, -0.2) is 4.98 Å². The molecule has 4 aromatic rings. The van der Waals surface area contributed by atoms with Crippen molar-refractivity contribution in [2.24, 2.45) is 0 Å². The Morgan fingerprint density at radius 2 is 1.86 bits per heavy atom. The Labute approximate surface area is 194 Å². The van der Waals surface area contributed by atoms with Gasteiger partial charge in [-0.15, -0.1) is 0 Å². The topological polar surface area (TPSA) is 43.6 Å². The van der Waals surface area contributed by atoms with Gasteiger partial charge in [-0.3, -0.25) is 9.97 Å². The molecule has 0 fully saturated rings. The van der Waals surface area contributed by atoms with Crippen LogP contribution in [0.3, 0.4) is 0 Å². The minimum Gasteiger partial charge on any atom is -0.337 e. The van der Waals surface area contributed by atoms with Crippen LogP contribution in [0, 0.1) is 0 Å². The van der Waals surface area contributed by atoms with Gasteiger partial charge in [0.15, 0.2) is 0 Å². The molecule has 0 amide bonds. The molecule has 0 spiro atoms. The highest BCUT2D eigenvalue weighted by molar-refractivity contribution is 14.1. The van der Waals surface area contributed by atoms with Gasteiger partial charge < -0.3 is 4.57 Å². The molecule has 0 saturated carbocycles. The molecule has 0 N–H and O–H groups in total. The molecule has 0 aliphatic carbocycles. The summed E-state index contributed by atoms with van der Waals surface area (Å²) in [5.41, 5.74) is 4.58. The maximum atomic E-state index is 4.35. The Hall–Kier alpha value is -1.80. The van der Waals surface area contributed by atoms with Crippen LogP contribution in [0.2, 0.25) is 0 Å². The zero-order valence-corrected chi connectivity index (χ0v) is 20.0. The molecule has 4 nitrogen and oxygen atoms in total. The van der Waals surface area contributed by atoms with Crippen molar-refractivity contribution in [2.75, 3.05) is 9.76 Å². The molecule has 0 aliphatic heterocycles. The highest BCUT2D eigenvalue weighted by Gasteiger charge is 2.01. The van der Waals surface area contributed by atoms with Gasteiger partial charge in [-0.2, -0.15) is 0 Å². The van der Waals surface area contributed by atoms with Gasteiger partial charge in [0.25, 0.3) is 0 Å². The van der Waals surface area contributed by atoms with E-state index in [0.717, 1.165) is 41.5 Å². The standard InChI is InChI=1S/C12H12IN.C11H12BrN3/c13-8-3-4-10-7-9-14-12-6-2-1-5-11(10)12;12-4-2-6-15-8-11(14-9-15)10-3-1-5-13-7-10/h1-2,5-7,9H,3-4,8H2;1,3,5,7-9H,2,4,6H2. The lowest BCUT2D eigenvalue weighted by molar-refractivity contribution is 0.685. The Bertz CT molecular complexity index is 999. The number of imidazole rings is 1. The predicted octanol–water partition coefficient (Wildman–Crippen LogP) is 6.33. The molecule has 1 aromatic carbocycles. The second kappa shape index (κ2) is 12.0. The fourth-order valence-corrected chi connectivity index (χ4v) is 3.65. The lowest BCUT2D eigenvalue weighted by atomic mass is 10.1. The number of aromatic nitrogens is 4. The van der Waals surface area contributed by atoms with Gasteiger partial charge in [-0.1, -0.05) is 56.7 Å². The summed E-state index contributed by atoms with van der Waals surface area (Å²) >= 11 is 5.84. The molecule has 3 heterocycles. The van der Waals surface area contributed by atoms with E-state index in [0.29, 0.717) is 0 Å². The number of alkyl halides is 2. The van der Waals surface area contributed by atoms with Gasteiger partial charge in [0, 0.05) is 47.6 Å². The van der Waals surface area contributed by atoms with Crippen molar-refractivity contribution < 1.29 is 0 Å². The van der Waals surface area contributed by atoms with Gasteiger partial charge >= 0.3 is 0 Å². The van der Waals surface area contributed by atoms with Crippen molar-refractivity contribution in [1.82, 2.24) is 19.5 Å². The lowest BCUT2D eigenvalue weighted by Crippen LogP contribution is -1.93. The summed E-state index contributed by atoms with van der Waals surface area (Å²) in [5, 5.41) is 2.33. The molecule has 0 bridgehead atoms. The zero-order valence-electron chi connectivity index (χ0n) is 16.2. The number of pyridine rings is 2. The van der Waals surface area contributed by atoms with Crippen LogP contribution < -0.4 is 0 Å². The summed E-state index contributed by atoms with van der Waals surface area (Å²) < 4.78 is 3.32. The smallest absolute Gasteiger partial charge is 0.0953 e. The SMILES string of the molecule is BrCCCn1cnc(-c2cccnc2)c1.ICCCc1ccnc2ccccc12. The first-order valence-corrected chi connectivity index (χ1v) is 12.3. The molecule has 150 valence electrons. The second-order valence-electron chi connectivity index (χ2n) is 6.56. The van der Waals surface area contributed by atoms with E-state index < -0.39 is 0 Å². The first-order valence-electron chi connectivity index (χ1n) is 9.68. The van der Waals surface area contributed by atoms with Crippen LogP contribution in [0.4, 0.5) is 0 Å². The van der Waals surface area contributed by atoms with E-state index in [2.05, 4.69) is 88.5 Å². The Balaban J connectivity index is 0.000000166. The molecular weight excluding hydrogens is 539 g/mol. The van der Waals surface area contributed by atoms with Crippen molar-refractivity contribution in [3.05, 3.63) is 79.1 Å². The van der Waals surface area contributed by atoms with Crippen LogP contribution >= 0.6 is 38.5 Å². The number of fused-ring (bicyclic) bond motifs is 1. The van der Waals surface area contributed by atoms with E-state index >= 15 is 0 Å². The predicted molar refractivity (Wildman–Crippen MR) is 133 cm³/mol. The number of rotatable bonds is 7. The van der Waals surface area contributed by atoms with Crippen LogP contribution in [0.15, 0.2) is 73.6 Å². The van der Waals surface area contributed by atoms with Crippen LogP contribution in [-0.4, -0.2) is 29.3 Å². The Morgan fingerprint density at radius 3 is 2.66 bits per heavy atom. The molecule has 0 aliphatic rings. The van der Waals surface area contributed by atoms with E-state index in [9.17, 15) is 0 Å².